The van der Waals surface area contributed by atoms with Crippen LogP contribution in [0.5, 0.6) is 5.75 Å². The largest absolute Gasteiger partial charge is 0.482 e. The third kappa shape index (κ3) is 3.96. The fourth-order valence-corrected chi connectivity index (χ4v) is 1.06. The molecule has 0 radical (unpaired) electrons. The van der Waals surface area contributed by atoms with Crippen LogP contribution in [0.1, 0.15) is 5.56 Å². The summed E-state index contributed by atoms with van der Waals surface area (Å²) in [7, 11) is 1.30. The Morgan fingerprint density at radius 2 is 2.25 bits per heavy atom. The Balaban J connectivity index is 2.63. The van der Waals surface area contributed by atoms with Crippen molar-refractivity contribution in [3.8, 4) is 5.75 Å². The van der Waals surface area contributed by atoms with Crippen molar-refractivity contribution in [2.75, 3.05) is 13.7 Å². The lowest BCUT2D eigenvalue weighted by Gasteiger charge is -2.04. The van der Waals surface area contributed by atoms with Gasteiger partial charge in [0.2, 0.25) is 0 Å². The zero-order chi connectivity index (χ0) is 11.8. The lowest BCUT2D eigenvalue weighted by atomic mass is 10.2. The highest BCUT2D eigenvalue weighted by atomic mass is 16.6. The molecule has 0 aliphatic carbocycles. The summed E-state index contributed by atoms with van der Waals surface area (Å²) in [5.41, 5.74) is 0.828. The summed E-state index contributed by atoms with van der Waals surface area (Å²) in [6.07, 6.45) is 3.74. The van der Waals surface area contributed by atoms with Gasteiger partial charge in [-0.1, -0.05) is 18.2 Å². The number of hydrogen-bond acceptors (Lipinski definition) is 4. The van der Waals surface area contributed by atoms with Crippen LogP contribution in [-0.2, 0) is 14.3 Å². The van der Waals surface area contributed by atoms with E-state index in [2.05, 4.69) is 4.74 Å². The highest BCUT2D eigenvalue weighted by molar-refractivity contribution is 5.74. The minimum absolute atomic E-state index is 0.128. The Hall–Kier alpha value is -2.10. The molecule has 0 amide bonds. The van der Waals surface area contributed by atoms with E-state index in [4.69, 9.17) is 4.74 Å². The zero-order valence-electron chi connectivity index (χ0n) is 8.88. The van der Waals surface area contributed by atoms with Crippen LogP contribution in [0.25, 0.3) is 6.08 Å². The summed E-state index contributed by atoms with van der Waals surface area (Å²) in [6.45, 7) is -0.128. The van der Waals surface area contributed by atoms with Crippen molar-refractivity contribution in [1.29, 1.82) is 0 Å². The molecule has 0 N–H and O–H groups in total. The molecular weight excluding hydrogens is 208 g/mol. The molecule has 0 aliphatic heterocycles. The summed E-state index contributed by atoms with van der Waals surface area (Å²) >= 11 is 0. The predicted molar refractivity (Wildman–Crippen MR) is 59.1 cm³/mol. The molecule has 0 unspecified atom stereocenters. The van der Waals surface area contributed by atoms with Crippen molar-refractivity contribution >= 4 is 18.3 Å². The highest BCUT2D eigenvalue weighted by Gasteiger charge is 2.01. The minimum atomic E-state index is -0.436. The lowest BCUT2D eigenvalue weighted by Crippen LogP contribution is -2.12. The van der Waals surface area contributed by atoms with Crippen LogP contribution >= 0.6 is 0 Å². The first-order valence-electron chi connectivity index (χ1n) is 4.68. The molecule has 0 saturated carbocycles. The number of rotatable bonds is 5. The van der Waals surface area contributed by atoms with Gasteiger partial charge in [0.05, 0.1) is 7.11 Å². The Kier molecular flexibility index (Phi) is 4.79. The van der Waals surface area contributed by atoms with Crippen LogP contribution in [0, 0.1) is 0 Å². The van der Waals surface area contributed by atoms with Gasteiger partial charge in [-0.15, -0.1) is 0 Å². The summed E-state index contributed by atoms with van der Waals surface area (Å²) in [5.74, 6) is 0.118. The third-order valence-corrected chi connectivity index (χ3v) is 1.81. The normalized spacial score (nSPS) is 10.1. The molecule has 0 aromatic heterocycles. The van der Waals surface area contributed by atoms with E-state index in [9.17, 15) is 9.59 Å². The van der Waals surface area contributed by atoms with Crippen LogP contribution in [0.3, 0.4) is 0 Å². The van der Waals surface area contributed by atoms with Gasteiger partial charge in [-0.3, -0.25) is 4.79 Å². The van der Waals surface area contributed by atoms with E-state index in [0.717, 1.165) is 5.56 Å². The first kappa shape index (κ1) is 12.0. The van der Waals surface area contributed by atoms with Gasteiger partial charge in [0.1, 0.15) is 12.0 Å². The second-order valence-corrected chi connectivity index (χ2v) is 2.93. The van der Waals surface area contributed by atoms with Gasteiger partial charge in [-0.25, -0.2) is 4.79 Å². The maximum absolute atomic E-state index is 10.8. The van der Waals surface area contributed by atoms with Crippen molar-refractivity contribution in [1.82, 2.24) is 0 Å². The minimum Gasteiger partial charge on any atom is -0.482 e. The number of methoxy groups -OCH3 is 1. The molecule has 84 valence electrons. The van der Waals surface area contributed by atoms with Crippen molar-refractivity contribution in [2.45, 2.75) is 0 Å². The molecule has 0 aliphatic rings. The van der Waals surface area contributed by atoms with Gasteiger partial charge in [0.15, 0.2) is 6.61 Å². The highest BCUT2D eigenvalue weighted by Crippen LogP contribution is 2.14. The van der Waals surface area contributed by atoms with Gasteiger partial charge >= 0.3 is 5.97 Å². The Morgan fingerprint density at radius 1 is 1.44 bits per heavy atom. The van der Waals surface area contributed by atoms with Gasteiger partial charge in [0.25, 0.3) is 0 Å². The van der Waals surface area contributed by atoms with Crippen molar-refractivity contribution in [3.63, 3.8) is 0 Å². The van der Waals surface area contributed by atoms with Crippen molar-refractivity contribution in [3.05, 3.63) is 35.9 Å². The molecule has 1 rings (SSSR count). The standard InChI is InChI=1S/C12H12O4/c1-15-12(14)9-16-11-6-2-4-10(8-11)5-3-7-13/h2-8H,9H2,1H3/b5-3+. The van der Waals surface area contributed by atoms with Crippen molar-refractivity contribution < 1.29 is 19.1 Å². The number of allylic oxidation sites excluding steroid dienone is 1. The van der Waals surface area contributed by atoms with Crippen LogP contribution in [0.15, 0.2) is 30.3 Å². The van der Waals surface area contributed by atoms with E-state index in [1.54, 1.807) is 24.3 Å². The quantitative estimate of drug-likeness (QED) is 0.428. The zero-order valence-corrected chi connectivity index (χ0v) is 8.88. The van der Waals surface area contributed by atoms with Gasteiger partial charge in [-0.2, -0.15) is 0 Å². The second-order valence-electron chi connectivity index (χ2n) is 2.93. The molecule has 4 heteroatoms. The molecular formula is C12H12O4. The maximum atomic E-state index is 10.8. The molecule has 4 nitrogen and oxygen atoms in total. The summed E-state index contributed by atoms with van der Waals surface area (Å²) < 4.78 is 9.63. The average Bonchev–Trinajstić information content (AvgIpc) is 2.34. The van der Waals surface area contributed by atoms with E-state index in [-0.39, 0.29) is 6.61 Å². The fraction of sp³-hybridized carbons (Fsp3) is 0.167. The van der Waals surface area contributed by atoms with E-state index in [1.807, 2.05) is 6.07 Å². The number of ether oxygens (including phenoxy) is 2. The van der Waals surface area contributed by atoms with Crippen LogP contribution in [0.4, 0.5) is 0 Å². The van der Waals surface area contributed by atoms with Crippen LogP contribution in [0.2, 0.25) is 0 Å². The second kappa shape index (κ2) is 6.40. The van der Waals surface area contributed by atoms with E-state index in [1.165, 1.54) is 13.2 Å². The molecule has 0 bridgehead atoms. The van der Waals surface area contributed by atoms with E-state index >= 15 is 0 Å². The Labute approximate surface area is 93.5 Å². The van der Waals surface area contributed by atoms with Crippen LogP contribution in [-0.4, -0.2) is 26.0 Å². The SMILES string of the molecule is COC(=O)COc1cccc(/C=C/C=O)c1. The Bertz CT molecular complexity index is 396. The number of carbonyl (C=O) groups excluding carboxylic acids is 2. The summed E-state index contributed by atoms with van der Waals surface area (Å²) in [5, 5.41) is 0. The van der Waals surface area contributed by atoms with E-state index in [0.29, 0.717) is 12.0 Å². The van der Waals surface area contributed by atoms with E-state index < -0.39 is 5.97 Å². The molecule has 0 atom stereocenters. The number of esters is 1. The summed E-state index contributed by atoms with van der Waals surface area (Å²) in [6, 6.07) is 7.05. The maximum Gasteiger partial charge on any atom is 0.343 e. The van der Waals surface area contributed by atoms with Gasteiger partial charge in [0, 0.05) is 0 Å². The molecule has 1 aromatic carbocycles. The first-order chi connectivity index (χ1) is 7.76. The average molecular weight is 220 g/mol. The topological polar surface area (TPSA) is 52.6 Å². The van der Waals surface area contributed by atoms with Gasteiger partial charge < -0.3 is 9.47 Å². The first-order valence-corrected chi connectivity index (χ1v) is 4.68. The van der Waals surface area contributed by atoms with Gasteiger partial charge in [-0.05, 0) is 23.8 Å². The molecule has 0 heterocycles. The summed E-state index contributed by atoms with van der Waals surface area (Å²) in [4.78, 5) is 21.0. The van der Waals surface area contributed by atoms with Crippen molar-refractivity contribution in [2.24, 2.45) is 0 Å². The monoisotopic (exact) mass is 220 g/mol. The fourth-order valence-electron chi connectivity index (χ4n) is 1.06. The Morgan fingerprint density at radius 3 is 2.94 bits per heavy atom. The molecule has 16 heavy (non-hydrogen) atoms. The number of hydrogen-bond donors (Lipinski definition) is 0. The number of carbonyl (C=O) groups is 2. The molecule has 0 spiro atoms. The van der Waals surface area contributed by atoms with Crippen LogP contribution < -0.4 is 4.74 Å². The smallest absolute Gasteiger partial charge is 0.343 e. The lowest BCUT2D eigenvalue weighted by molar-refractivity contribution is -0.142. The molecule has 1 aromatic rings. The predicted octanol–water partition coefficient (Wildman–Crippen LogP) is 1.45. The molecule has 0 fully saturated rings. The third-order valence-electron chi connectivity index (χ3n) is 1.81. The molecule has 0 saturated heterocycles. The number of aldehydes is 1. The number of benzene rings is 1.